The molecular formula is C18H22N4O4. The van der Waals surface area contributed by atoms with Crippen LogP contribution in [0, 0.1) is 0 Å². The molecule has 1 aliphatic rings. The number of carbonyl (C=O) groups is 3. The van der Waals surface area contributed by atoms with Gasteiger partial charge in [-0.05, 0) is 18.6 Å². The van der Waals surface area contributed by atoms with Gasteiger partial charge in [0.2, 0.25) is 0 Å². The lowest BCUT2D eigenvalue weighted by atomic mass is 10.2. The largest absolute Gasteiger partial charge is 0.481 e. The van der Waals surface area contributed by atoms with Crippen molar-refractivity contribution in [2.24, 2.45) is 0 Å². The summed E-state index contributed by atoms with van der Waals surface area (Å²) in [5, 5.41) is 12.3. The highest BCUT2D eigenvalue weighted by Crippen LogP contribution is 2.16. The van der Waals surface area contributed by atoms with E-state index in [0.717, 1.165) is 10.9 Å². The van der Waals surface area contributed by atoms with E-state index < -0.39 is 5.97 Å². The zero-order valence-electron chi connectivity index (χ0n) is 14.4. The summed E-state index contributed by atoms with van der Waals surface area (Å²) in [6, 6.07) is 9.36. The summed E-state index contributed by atoms with van der Waals surface area (Å²) < 4.78 is 0. The molecule has 3 N–H and O–H groups in total. The number of carboxylic acids is 1. The fourth-order valence-electron chi connectivity index (χ4n) is 3.02. The molecule has 0 unspecified atom stereocenters. The molecule has 3 amide bonds. The average molecular weight is 358 g/mol. The number of H-pyrrole nitrogens is 1. The number of carboxylic acid groups (broad SMARTS) is 1. The summed E-state index contributed by atoms with van der Waals surface area (Å²) in [5.41, 5.74) is 1.48. The zero-order valence-corrected chi connectivity index (χ0v) is 14.4. The Morgan fingerprint density at radius 3 is 2.46 bits per heavy atom. The van der Waals surface area contributed by atoms with Crippen molar-refractivity contribution < 1.29 is 19.5 Å². The maximum atomic E-state index is 12.6. The van der Waals surface area contributed by atoms with Crippen molar-refractivity contribution in [1.82, 2.24) is 20.1 Å². The Balaban J connectivity index is 1.49. The number of amides is 3. The number of aromatic amines is 1. The van der Waals surface area contributed by atoms with Gasteiger partial charge in [0.05, 0.1) is 0 Å². The van der Waals surface area contributed by atoms with Crippen molar-refractivity contribution in [1.29, 1.82) is 0 Å². The standard InChI is InChI=1S/C18H22N4O4/c23-16(24)6-3-7-19-18(26)22-10-8-21(9-11-22)17(25)15-12-13-4-1-2-5-14(13)20-15/h1-2,4-5,12,20H,3,6-11H2,(H,19,26)(H,23,24). The molecule has 2 aromatic rings. The fourth-order valence-corrected chi connectivity index (χ4v) is 3.02. The highest BCUT2D eigenvalue weighted by Gasteiger charge is 2.25. The SMILES string of the molecule is O=C(O)CCCNC(=O)N1CCN(C(=O)c2cc3ccccc3[nH]2)CC1. The summed E-state index contributed by atoms with van der Waals surface area (Å²) >= 11 is 0. The smallest absolute Gasteiger partial charge is 0.317 e. The van der Waals surface area contributed by atoms with Crippen LogP contribution in [0.3, 0.4) is 0 Å². The quantitative estimate of drug-likeness (QED) is 0.704. The number of para-hydroxylation sites is 1. The maximum Gasteiger partial charge on any atom is 0.317 e. The van der Waals surface area contributed by atoms with Crippen molar-refractivity contribution >= 4 is 28.8 Å². The number of hydrogen-bond donors (Lipinski definition) is 3. The number of nitrogens with zero attached hydrogens (tertiary/aromatic N) is 2. The number of hydrogen-bond acceptors (Lipinski definition) is 3. The molecule has 2 heterocycles. The van der Waals surface area contributed by atoms with E-state index >= 15 is 0 Å². The van der Waals surface area contributed by atoms with E-state index in [9.17, 15) is 14.4 Å². The summed E-state index contributed by atoms with van der Waals surface area (Å²) in [6.45, 7) is 2.18. The molecule has 8 heteroatoms. The van der Waals surface area contributed by atoms with E-state index in [0.29, 0.717) is 44.8 Å². The van der Waals surface area contributed by atoms with Gasteiger partial charge in [-0.25, -0.2) is 4.79 Å². The molecule has 0 spiro atoms. The molecule has 1 saturated heterocycles. The van der Waals surface area contributed by atoms with Crippen LogP contribution in [-0.4, -0.2) is 70.5 Å². The molecular weight excluding hydrogens is 336 g/mol. The van der Waals surface area contributed by atoms with Gasteiger partial charge >= 0.3 is 12.0 Å². The third kappa shape index (κ3) is 4.14. The van der Waals surface area contributed by atoms with Crippen LogP contribution in [0.1, 0.15) is 23.3 Å². The van der Waals surface area contributed by atoms with Gasteiger partial charge < -0.3 is 25.2 Å². The van der Waals surface area contributed by atoms with Crippen LogP contribution in [0.2, 0.25) is 0 Å². The lowest BCUT2D eigenvalue weighted by Crippen LogP contribution is -2.53. The molecule has 26 heavy (non-hydrogen) atoms. The number of benzene rings is 1. The topological polar surface area (TPSA) is 106 Å². The molecule has 0 saturated carbocycles. The van der Waals surface area contributed by atoms with Gasteiger partial charge in [0.1, 0.15) is 5.69 Å². The molecule has 8 nitrogen and oxygen atoms in total. The predicted octanol–water partition coefficient (Wildman–Crippen LogP) is 1.50. The second-order valence-electron chi connectivity index (χ2n) is 6.28. The molecule has 138 valence electrons. The lowest BCUT2D eigenvalue weighted by molar-refractivity contribution is -0.137. The van der Waals surface area contributed by atoms with E-state index in [1.165, 1.54) is 0 Å². The maximum absolute atomic E-state index is 12.6. The Hall–Kier alpha value is -3.03. The number of piperazine rings is 1. The minimum atomic E-state index is -0.872. The normalized spacial score (nSPS) is 14.5. The highest BCUT2D eigenvalue weighted by molar-refractivity contribution is 5.98. The van der Waals surface area contributed by atoms with Crippen molar-refractivity contribution in [3.05, 3.63) is 36.0 Å². The van der Waals surface area contributed by atoms with E-state index in [1.54, 1.807) is 9.80 Å². The van der Waals surface area contributed by atoms with Crippen LogP contribution in [0.4, 0.5) is 4.79 Å². The Bertz CT molecular complexity index is 775. The van der Waals surface area contributed by atoms with Gasteiger partial charge in [-0.15, -0.1) is 0 Å². The van der Waals surface area contributed by atoms with Gasteiger partial charge in [-0.1, -0.05) is 18.2 Å². The van der Waals surface area contributed by atoms with Crippen LogP contribution in [0.15, 0.2) is 30.3 Å². The Labute approximate surface area is 150 Å². The van der Waals surface area contributed by atoms with Crippen molar-refractivity contribution in [3.8, 4) is 0 Å². The third-order valence-electron chi connectivity index (χ3n) is 4.46. The minimum absolute atomic E-state index is 0.0348. The second kappa shape index (κ2) is 7.90. The average Bonchev–Trinajstić information content (AvgIpc) is 3.08. The van der Waals surface area contributed by atoms with Crippen LogP contribution >= 0.6 is 0 Å². The van der Waals surface area contributed by atoms with Crippen LogP contribution < -0.4 is 5.32 Å². The van der Waals surface area contributed by atoms with Gasteiger partial charge in [-0.2, -0.15) is 0 Å². The number of aliphatic carboxylic acids is 1. The highest BCUT2D eigenvalue weighted by atomic mass is 16.4. The van der Waals surface area contributed by atoms with Crippen molar-refractivity contribution in [2.75, 3.05) is 32.7 Å². The molecule has 3 rings (SSSR count). The molecule has 1 aromatic heterocycles. The summed E-state index contributed by atoms with van der Waals surface area (Å²) in [7, 11) is 0. The number of rotatable bonds is 5. The van der Waals surface area contributed by atoms with Crippen molar-refractivity contribution in [2.45, 2.75) is 12.8 Å². The van der Waals surface area contributed by atoms with Crippen LogP contribution in [0.5, 0.6) is 0 Å². The first-order valence-corrected chi connectivity index (χ1v) is 8.66. The first-order valence-electron chi connectivity index (χ1n) is 8.66. The second-order valence-corrected chi connectivity index (χ2v) is 6.28. The van der Waals surface area contributed by atoms with E-state index in [4.69, 9.17) is 5.11 Å². The monoisotopic (exact) mass is 358 g/mol. The molecule has 1 aromatic carbocycles. The van der Waals surface area contributed by atoms with Gasteiger partial charge in [0.25, 0.3) is 5.91 Å². The van der Waals surface area contributed by atoms with E-state index in [2.05, 4.69) is 10.3 Å². The van der Waals surface area contributed by atoms with Crippen LogP contribution in [-0.2, 0) is 4.79 Å². The predicted molar refractivity (Wildman–Crippen MR) is 96.0 cm³/mol. The zero-order chi connectivity index (χ0) is 18.5. The Morgan fingerprint density at radius 2 is 1.77 bits per heavy atom. The number of fused-ring (bicyclic) bond motifs is 1. The molecule has 0 bridgehead atoms. The van der Waals surface area contributed by atoms with Crippen LogP contribution in [0.25, 0.3) is 10.9 Å². The van der Waals surface area contributed by atoms with Crippen molar-refractivity contribution in [3.63, 3.8) is 0 Å². The number of nitrogens with one attached hydrogen (secondary N) is 2. The van der Waals surface area contributed by atoms with E-state index in [1.807, 2.05) is 30.3 Å². The van der Waals surface area contributed by atoms with E-state index in [-0.39, 0.29) is 18.4 Å². The molecule has 0 aliphatic carbocycles. The number of urea groups is 1. The van der Waals surface area contributed by atoms with Gasteiger partial charge in [-0.3, -0.25) is 9.59 Å². The molecule has 0 atom stereocenters. The Morgan fingerprint density at radius 1 is 1.08 bits per heavy atom. The Kier molecular flexibility index (Phi) is 5.40. The first-order chi connectivity index (χ1) is 12.5. The molecule has 0 radical (unpaired) electrons. The first kappa shape index (κ1) is 17.8. The van der Waals surface area contributed by atoms with Gasteiger partial charge in [0.15, 0.2) is 0 Å². The summed E-state index contributed by atoms with van der Waals surface area (Å²) in [4.78, 5) is 41.7. The van der Waals surface area contributed by atoms with Gasteiger partial charge in [0, 0.05) is 50.0 Å². The number of carbonyl (C=O) groups excluding carboxylic acids is 2. The third-order valence-corrected chi connectivity index (χ3v) is 4.46. The summed E-state index contributed by atoms with van der Waals surface area (Å²) in [5.74, 6) is -0.939. The molecule has 1 aliphatic heterocycles. The lowest BCUT2D eigenvalue weighted by Gasteiger charge is -2.34. The minimum Gasteiger partial charge on any atom is -0.481 e. The molecule has 1 fully saturated rings. The number of aromatic nitrogens is 1. The summed E-state index contributed by atoms with van der Waals surface area (Å²) in [6.07, 6.45) is 0.437. The fraction of sp³-hybridized carbons (Fsp3) is 0.389.